The fraction of sp³-hybridized carbons (Fsp3) is 0.571. The van der Waals surface area contributed by atoms with Gasteiger partial charge in [-0.25, -0.2) is 4.39 Å². The topological polar surface area (TPSA) is 35.2 Å². The third kappa shape index (κ3) is 4.10. The molecule has 1 rings (SSSR count). The first-order valence-corrected chi connectivity index (χ1v) is 6.16. The number of rotatable bonds is 6. The molecule has 96 valence electrons. The maximum absolute atomic E-state index is 13.8. The molecule has 1 aromatic carbocycles. The molecule has 0 aromatic heterocycles. The van der Waals surface area contributed by atoms with Gasteiger partial charge in [-0.05, 0) is 43.9 Å². The molecule has 0 aliphatic carbocycles. The van der Waals surface area contributed by atoms with E-state index in [-0.39, 0.29) is 11.9 Å². The van der Waals surface area contributed by atoms with Gasteiger partial charge in [0.05, 0.1) is 0 Å². The molecule has 0 radical (unpaired) electrons. The van der Waals surface area contributed by atoms with Crippen molar-refractivity contribution in [1.29, 1.82) is 0 Å². The highest BCUT2D eigenvalue weighted by Gasteiger charge is 2.14. The van der Waals surface area contributed by atoms with Gasteiger partial charge in [0.2, 0.25) is 0 Å². The van der Waals surface area contributed by atoms with E-state index in [1.807, 2.05) is 19.9 Å². The van der Waals surface area contributed by atoms with Crippen molar-refractivity contribution in [2.24, 2.45) is 5.73 Å². The van der Waals surface area contributed by atoms with Crippen molar-refractivity contribution in [3.05, 3.63) is 34.6 Å². The predicted molar refractivity (Wildman–Crippen MR) is 68.5 cm³/mol. The van der Waals surface area contributed by atoms with Crippen molar-refractivity contribution in [3.63, 3.8) is 0 Å². The Bertz CT molecular complexity index is 342. The van der Waals surface area contributed by atoms with Gasteiger partial charge >= 0.3 is 0 Å². The minimum absolute atomic E-state index is 0.203. The average molecular weight is 239 g/mol. The van der Waals surface area contributed by atoms with Crippen LogP contribution >= 0.6 is 0 Å². The second-order valence-corrected chi connectivity index (χ2v) is 4.48. The fourth-order valence-electron chi connectivity index (χ4n) is 2.00. The number of aryl methyl sites for hydroxylation is 2. The van der Waals surface area contributed by atoms with Gasteiger partial charge in [-0.3, -0.25) is 0 Å². The lowest BCUT2D eigenvalue weighted by molar-refractivity contribution is 0.127. The first kappa shape index (κ1) is 14.1. The van der Waals surface area contributed by atoms with E-state index in [4.69, 9.17) is 10.5 Å². The Morgan fingerprint density at radius 2 is 2.00 bits per heavy atom. The van der Waals surface area contributed by atoms with Gasteiger partial charge in [0.1, 0.15) is 5.82 Å². The first-order chi connectivity index (χ1) is 8.06. The van der Waals surface area contributed by atoms with Crippen LogP contribution < -0.4 is 5.73 Å². The standard InChI is InChI=1S/C14H22FNO/c1-4-6-17-7-5-13(16)14-11(3)8-10(2)9-12(14)15/h8-9,13H,4-7,16H2,1-3H3. The minimum Gasteiger partial charge on any atom is -0.381 e. The van der Waals surface area contributed by atoms with Crippen molar-refractivity contribution in [3.8, 4) is 0 Å². The van der Waals surface area contributed by atoms with Gasteiger partial charge in [-0.15, -0.1) is 0 Å². The van der Waals surface area contributed by atoms with Crippen LogP contribution in [0.25, 0.3) is 0 Å². The van der Waals surface area contributed by atoms with Crippen molar-refractivity contribution >= 4 is 0 Å². The smallest absolute Gasteiger partial charge is 0.128 e. The summed E-state index contributed by atoms with van der Waals surface area (Å²) in [6, 6.07) is 3.22. The van der Waals surface area contributed by atoms with Gasteiger partial charge in [0, 0.05) is 24.8 Å². The van der Waals surface area contributed by atoms with Gasteiger partial charge in [0.15, 0.2) is 0 Å². The van der Waals surface area contributed by atoms with Crippen LogP contribution in [0.5, 0.6) is 0 Å². The molecular formula is C14H22FNO. The molecular weight excluding hydrogens is 217 g/mol. The maximum Gasteiger partial charge on any atom is 0.128 e. The Morgan fingerprint density at radius 3 is 2.59 bits per heavy atom. The second-order valence-electron chi connectivity index (χ2n) is 4.48. The first-order valence-electron chi connectivity index (χ1n) is 6.16. The number of benzene rings is 1. The molecule has 1 atom stereocenters. The van der Waals surface area contributed by atoms with Crippen LogP contribution in [0.1, 0.15) is 42.5 Å². The molecule has 0 spiro atoms. The third-order valence-corrected chi connectivity index (χ3v) is 2.77. The molecule has 1 unspecified atom stereocenters. The monoisotopic (exact) mass is 239 g/mol. The lowest BCUT2D eigenvalue weighted by Gasteiger charge is -2.16. The van der Waals surface area contributed by atoms with Crippen LogP contribution in [0, 0.1) is 19.7 Å². The normalized spacial score (nSPS) is 12.8. The highest BCUT2D eigenvalue weighted by molar-refractivity contribution is 5.34. The Kier molecular flexibility index (Phi) is 5.59. The van der Waals surface area contributed by atoms with E-state index in [0.717, 1.165) is 24.2 Å². The van der Waals surface area contributed by atoms with Gasteiger partial charge < -0.3 is 10.5 Å². The highest BCUT2D eigenvalue weighted by atomic mass is 19.1. The van der Waals surface area contributed by atoms with E-state index < -0.39 is 0 Å². The third-order valence-electron chi connectivity index (χ3n) is 2.77. The van der Waals surface area contributed by atoms with E-state index in [1.165, 1.54) is 6.07 Å². The molecule has 2 N–H and O–H groups in total. The summed E-state index contributed by atoms with van der Waals surface area (Å²) in [7, 11) is 0. The number of ether oxygens (including phenoxy) is 1. The number of nitrogens with two attached hydrogens (primary N) is 1. The highest BCUT2D eigenvalue weighted by Crippen LogP contribution is 2.23. The Balaban J connectivity index is 2.65. The molecule has 0 saturated carbocycles. The molecule has 0 bridgehead atoms. The van der Waals surface area contributed by atoms with Crippen molar-refractivity contribution in [1.82, 2.24) is 0 Å². The summed E-state index contributed by atoms with van der Waals surface area (Å²) in [5, 5.41) is 0. The number of halogens is 1. The quantitative estimate of drug-likeness (QED) is 0.773. The summed E-state index contributed by atoms with van der Waals surface area (Å²) < 4.78 is 19.2. The van der Waals surface area contributed by atoms with E-state index in [0.29, 0.717) is 18.6 Å². The predicted octanol–water partition coefficient (Wildman–Crippen LogP) is 3.26. The zero-order valence-corrected chi connectivity index (χ0v) is 10.9. The zero-order valence-electron chi connectivity index (χ0n) is 10.9. The van der Waals surface area contributed by atoms with Gasteiger partial charge in [0.25, 0.3) is 0 Å². The van der Waals surface area contributed by atoms with Crippen molar-refractivity contribution in [2.75, 3.05) is 13.2 Å². The Labute approximate surface area is 103 Å². The van der Waals surface area contributed by atoms with Crippen molar-refractivity contribution in [2.45, 2.75) is 39.7 Å². The van der Waals surface area contributed by atoms with Crippen LogP contribution in [-0.2, 0) is 4.74 Å². The molecule has 0 heterocycles. The van der Waals surface area contributed by atoms with Crippen LogP contribution in [0.4, 0.5) is 4.39 Å². The van der Waals surface area contributed by atoms with Crippen LogP contribution in [-0.4, -0.2) is 13.2 Å². The molecule has 0 fully saturated rings. The van der Waals surface area contributed by atoms with Gasteiger partial charge in [-0.2, -0.15) is 0 Å². The fourth-order valence-corrected chi connectivity index (χ4v) is 2.00. The molecule has 2 nitrogen and oxygen atoms in total. The summed E-state index contributed by atoms with van der Waals surface area (Å²) in [5.41, 5.74) is 8.48. The lowest BCUT2D eigenvalue weighted by atomic mass is 9.97. The van der Waals surface area contributed by atoms with Crippen LogP contribution in [0.15, 0.2) is 12.1 Å². The zero-order chi connectivity index (χ0) is 12.8. The largest absolute Gasteiger partial charge is 0.381 e. The second kappa shape index (κ2) is 6.72. The Hall–Kier alpha value is -0.930. The molecule has 0 amide bonds. The van der Waals surface area contributed by atoms with E-state index in [2.05, 4.69) is 6.92 Å². The molecule has 0 saturated heterocycles. The molecule has 1 aromatic rings. The van der Waals surface area contributed by atoms with E-state index >= 15 is 0 Å². The molecule has 0 aliphatic heterocycles. The van der Waals surface area contributed by atoms with Crippen LogP contribution in [0.2, 0.25) is 0 Å². The van der Waals surface area contributed by atoms with E-state index in [9.17, 15) is 4.39 Å². The SMILES string of the molecule is CCCOCCC(N)c1c(C)cc(C)cc1F. The summed E-state index contributed by atoms with van der Waals surface area (Å²) >= 11 is 0. The van der Waals surface area contributed by atoms with Crippen molar-refractivity contribution < 1.29 is 9.13 Å². The Morgan fingerprint density at radius 1 is 1.29 bits per heavy atom. The van der Waals surface area contributed by atoms with Gasteiger partial charge in [-0.1, -0.05) is 13.0 Å². The molecule has 3 heteroatoms. The summed E-state index contributed by atoms with van der Waals surface area (Å²) in [6.45, 7) is 7.17. The maximum atomic E-state index is 13.8. The number of hydrogen-bond donors (Lipinski definition) is 1. The average Bonchev–Trinajstić information content (AvgIpc) is 2.23. The number of hydrogen-bond acceptors (Lipinski definition) is 2. The molecule has 17 heavy (non-hydrogen) atoms. The minimum atomic E-state index is -0.285. The molecule has 0 aliphatic rings. The van der Waals surface area contributed by atoms with E-state index in [1.54, 1.807) is 0 Å². The summed E-state index contributed by atoms with van der Waals surface area (Å²) in [4.78, 5) is 0. The summed E-state index contributed by atoms with van der Waals surface area (Å²) in [5.74, 6) is -0.203. The van der Waals surface area contributed by atoms with Crippen LogP contribution in [0.3, 0.4) is 0 Å². The summed E-state index contributed by atoms with van der Waals surface area (Å²) in [6.07, 6.45) is 1.65. The lowest BCUT2D eigenvalue weighted by Crippen LogP contribution is -2.16.